The van der Waals surface area contributed by atoms with Crippen LogP contribution in [0.1, 0.15) is 45.4 Å². The van der Waals surface area contributed by atoms with Gasteiger partial charge in [-0.15, -0.1) is 12.4 Å². The highest BCUT2D eigenvalue weighted by molar-refractivity contribution is 6.77. The maximum Gasteiger partial charge on any atom is 0.383 e. The highest BCUT2D eigenvalue weighted by Crippen LogP contribution is 2.05. The molecule has 0 aliphatic rings. The van der Waals surface area contributed by atoms with Gasteiger partial charge in [0.15, 0.2) is 0 Å². The van der Waals surface area contributed by atoms with Crippen LogP contribution in [-0.2, 0) is 23.9 Å². The lowest BCUT2D eigenvalue weighted by atomic mass is 10.0. The predicted octanol–water partition coefficient (Wildman–Crippen LogP) is 1.65. The van der Waals surface area contributed by atoms with E-state index >= 15 is 0 Å². The van der Waals surface area contributed by atoms with E-state index in [1.54, 1.807) is 0 Å². The molecule has 0 bridgehead atoms. The summed E-state index contributed by atoms with van der Waals surface area (Å²) in [6.45, 7) is 2.07. The molecule has 0 aliphatic carbocycles. The summed E-state index contributed by atoms with van der Waals surface area (Å²) >= 11 is 0. The van der Waals surface area contributed by atoms with Crippen LogP contribution in [0.2, 0.25) is 0 Å². The summed E-state index contributed by atoms with van der Waals surface area (Å²) < 4.78 is 4.08. The number of hydrogen-bond acceptors (Lipinski definition) is 5. The van der Waals surface area contributed by atoms with Crippen molar-refractivity contribution in [1.82, 2.24) is 0 Å². The van der Waals surface area contributed by atoms with Gasteiger partial charge in [0.2, 0.25) is 5.78 Å². The molecule has 0 atom stereocenters. The van der Waals surface area contributed by atoms with Gasteiger partial charge in [-0.2, -0.15) is 0 Å². The molecular weight excluding hydrogens is 260 g/mol. The first-order valence-electron chi connectivity index (χ1n) is 5.74. The number of esters is 1. The second kappa shape index (κ2) is 10.9. The number of Topliss-reactive ketones (excluding diaryl/α,β-unsaturated/α-hetero) is 3. The molecule has 0 amide bonds. The van der Waals surface area contributed by atoms with Crippen LogP contribution in [0.4, 0.5) is 0 Å². The van der Waals surface area contributed by atoms with E-state index in [1.165, 1.54) is 0 Å². The molecule has 6 heteroatoms. The maximum absolute atomic E-state index is 11.3. The van der Waals surface area contributed by atoms with Crippen LogP contribution in [-0.4, -0.2) is 30.4 Å². The van der Waals surface area contributed by atoms with E-state index in [-0.39, 0.29) is 18.8 Å². The first kappa shape index (κ1) is 19.1. The molecule has 104 valence electrons. The van der Waals surface area contributed by atoms with E-state index in [0.29, 0.717) is 6.42 Å². The number of carbonyl (C=O) groups is 4. The van der Waals surface area contributed by atoms with Gasteiger partial charge in [0.25, 0.3) is 5.78 Å². The summed E-state index contributed by atoms with van der Waals surface area (Å²) in [5.74, 6) is -4.75. The van der Waals surface area contributed by atoms with E-state index in [2.05, 4.69) is 11.7 Å². The molecule has 0 aromatic carbocycles. The zero-order chi connectivity index (χ0) is 13.3. The Labute approximate surface area is 113 Å². The Morgan fingerprint density at radius 2 is 1.44 bits per heavy atom. The summed E-state index contributed by atoms with van der Waals surface area (Å²) in [5, 5.41) is 0. The van der Waals surface area contributed by atoms with Crippen molar-refractivity contribution in [1.29, 1.82) is 0 Å². The van der Waals surface area contributed by atoms with Crippen LogP contribution >= 0.6 is 12.4 Å². The minimum atomic E-state index is -1.38. The average molecular weight is 279 g/mol. The van der Waals surface area contributed by atoms with Crippen LogP contribution in [0.25, 0.3) is 0 Å². The van der Waals surface area contributed by atoms with Gasteiger partial charge < -0.3 is 4.74 Å². The lowest BCUT2D eigenvalue weighted by molar-refractivity contribution is -0.156. The molecule has 0 rings (SSSR count). The lowest BCUT2D eigenvalue weighted by Gasteiger charge is -1.99. The van der Waals surface area contributed by atoms with E-state index in [1.807, 2.05) is 0 Å². The third kappa shape index (κ3) is 7.17. The molecular formula is C12H19ClO5. The predicted molar refractivity (Wildman–Crippen MR) is 67.7 cm³/mol. The molecule has 0 fully saturated rings. The highest BCUT2D eigenvalue weighted by Gasteiger charge is 2.28. The molecule has 0 saturated carbocycles. The SMILES string of the molecule is CCCCCCCC(=O)C(=O)C(=O)C(=O)OC.Cl. The molecule has 5 nitrogen and oxygen atoms in total. The van der Waals surface area contributed by atoms with Crippen molar-refractivity contribution >= 4 is 35.7 Å². The number of methoxy groups -OCH3 is 1. The van der Waals surface area contributed by atoms with Crippen molar-refractivity contribution in [2.24, 2.45) is 0 Å². The standard InChI is InChI=1S/C12H18O5.ClH/c1-3-4-5-6-7-8-9(13)10(14)11(15)12(16)17-2;/h3-8H2,1-2H3;1H. The molecule has 0 unspecified atom stereocenters. The number of ether oxygens (including phenoxy) is 1. The van der Waals surface area contributed by atoms with Crippen LogP contribution < -0.4 is 0 Å². The van der Waals surface area contributed by atoms with Crippen molar-refractivity contribution in [2.45, 2.75) is 45.4 Å². The van der Waals surface area contributed by atoms with E-state index in [0.717, 1.165) is 32.8 Å². The molecule has 0 aromatic heterocycles. The number of rotatable bonds is 9. The fourth-order valence-corrected chi connectivity index (χ4v) is 1.31. The quantitative estimate of drug-likeness (QED) is 0.277. The number of halogens is 1. The largest absolute Gasteiger partial charge is 0.463 e. The monoisotopic (exact) mass is 278 g/mol. The van der Waals surface area contributed by atoms with E-state index in [9.17, 15) is 19.2 Å². The molecule has 0 N–H and O–H groups in total. The van der Waals surface area contributed by atoms with Crippen molar-refractivity contribution in [3.8, 4) is 0 Å². The van der Waals surface area contributed by atoms with Crippen molar-refractivity contribution < 1.29 is 23.9 Å². The van der Waals surface area contributed by atoms with Gasteiger partial charge in [0.05, 0.1) is 7.11 Å². The first-order valence-corrected chi connectivity index (χ1v) is 5.74. The number of unbranched alkanes of at least 4 members (excludes halogenated alkanes) is 4. The zero-order valence-corrected chi connectivity index (χ0v) is 11.5. The van der Waals surface area contributed by atoms with Crippen LogP contribution in [0, 0.1) is 0 Å². The molecule has 0 aliphatic heterocycles. The van der Waals surface area contributed by atoms with Crippen LogP contribution in [0.5, 0.6) is 0 Å². The molecule has 18 heavy (non-hydrogen) atoms. The summed E-state index contributed by atoms with van der Waals surface area (Å²) in [6, 6.07) is 0. The third-order valence-electron chi connectivity index (χ3n) is 2.34. The minimum Gasteiger partial charge on any atom is -0.463 e. The van der Waals surface area contributed by atoms with Gasteiger partial charge in [-0.3, -0.25) is 14.4 Å². The summed E-state index contributed by atoms with van der Waals surface area (Å²) in [4.78, 5) is 44.2. The Morgan fingerprint density at radius 3 is 1.94 bits per heavy atom. The van der Waals surface area contributed by atoms with Gasteiger partial charge in [-0.1, -0.05) is 32.6 Å². The fourth-order valence-electron chi connectivity index (χ4n) is 1.31. The van der Waals surface area contributed by atoms with Gasteiger partial charge >= 0.3 is 11.8 Å². The lowest BCUT2D eigenvalue weighted by Crippen LogP contribution is -2.31. The third-order valence-corrected chi connectivity index (χ3v) is 2.34. The highest BCUT2D eigenvalue weighted by atomic mass is 35.5. The van der Waals surface area contributed by atoms with Gasteiger partial charge in [-0.25, -0.2) is 4.79 Å². The van der Waals surface area contributed by atoms with Crippen molar-refractivity contribution in [3.63, 3.8) is 0 Å². The Balaban J connectivity index is 0. The molecule has 0 spiro atoms. The van der Waals surface area contributed by atoms with Gasteiger partial charge in [-0.05, 0) is 6.42 Å². The van der Waals surface area contributed by atoms with E-state index in [4.69, 9.17) is 0 Å². The average Bonchev–Trinajstić information content (AvgIpc) is 2.35. The maximum atomic E-state index is 11.3. The number of ketones is 3. The fraction of sp³-hybridized carbons (Fsp3) is 0.667. The summed E-state index contributed by atoms with van der Waals surface area (Å²) in [7, 11) is 0.989. The zero-order valence-electron chi connectivity index (χ0n) is 10.7. The molecule has 0 heterocycles. The Kier molecular flexibility index (Phi) is 11.6. The molecule has 0 radical (unpaired) electrons. The Morgan fingerprint density at radius 1 is 0.889 bits per heavy atom. The van der Waals surface area contributed by atoms with Crippen molar-refractivity contribution in [3.05, 3.63) is 0 Å². The Hall–Kier alpha value is -1.23. The summed E-state index contributed by atoms with van der Waals surface area (Å²) in [6.07, 6.45) is 4.61. The van der Waals surface area contributed by atoms with Gasteiger partial charge in [0, 0.05) is 6.42 Å². The van der Waals surface area contributed by atoms with Crippen LogP contribution in [0.15, 0.2) is 0 Å². The smallest absolute Gasteiger partial charge is 0.383 e. The summed E-state index contributed by atoms with van der Waals surface area (Å²) in [5.41, 5.74) is 0. The van der Waals surface area contributed by atoms with Crippen molar-refractivity contribution in [2.75, 3.05) is 7.11 Å². The Bertz CT molecular complexity index is 312. The second-order valence-corrected chi connectivity index (χ2v) is 3.74. The number of carbonyl (C=O) groups excluding carboxylic acids is 4. The number of hydrogen-bond donors (Lipinski definition) is 0. The normalized spacial score (nSPS) is 9.22. The first-order chi connectivity index (χ1) is 8.04. The van der Waals surface area contributed by atoms with Crippen LogP contribution in [0.3, 0.4) is 0 Å². The molecule has 0 saturated heterocycles. The molecule has 0 aromatic rings. The van der Waals surface area contributed by atoms with Gasteiger partial charge in [0.1, 0.15) is 0 Å². The topological polar surface area (TPSA) is 77.5 Å². The minimum absolute atomic E-state index is 0. The second-order valence-electron chi connectivity index (χ2n) is 3.74. The van der Waals surface area contributed by atoms with E-state index < -0.39 is 23.3 Å².